The molecule has 0 atom stereocenters. The molecule has 6 nitrogen and oxygen atoms in total. The number of anilines is 2. The molecule has 0 aliphatic carbocycles. The highest BCUT2D eigenvalue weighted by molar-refractivity contribution is 7.91. The smallest absolute Gasteiger partial charge is 0.261 e. The number of ether oxygens (including phenoxy) is 1. The molecule has 1 N–H and O–H groups in total. The highest BCUT2D eigenvalue weighted by Gasteiger charge is 2.26. The topological polar surface area (TPSA) is 75.7 Å². The Hall–Kier alpha value is -3.39. The van der Waals surface area contributed by atoms with Crippen molar-refractivity contribution in [2.75, 3.05) is 16.7 Å². The Morgan fingerprint density at radius 2 is 1.72 bits per heavy atom. The Kier molecular flexibility index (Phi) is 4.71. The molecule has 29 heavy (non-hydrogen) atoms. The summed E-state index contributed by atoms with van der Waals surface area (Å²) in [5.74, 6) is -0.196. The lowest BCUT2D eigenvalue weighted by Gasteiger charge is -2.16. The van der Waals surface area contributed by atoms with E-state index in [9.17, 15) is 17.6 Å². The predicted octanol–water partition coefficient (Wildman–Crippen LogP) is 4.15. The first kappa shape index (κ1) is 18.9. The van der Waals surface area contributed by atoms with Crippen molar-refractivity contribution in [1.82, 2.24) is 0 Å². The fraction of sp³-hybridized carbons (Fsp3) is 0.0952. The van der Waals surface area contributed by atoms with Gasteiger partial charge in [-0.2, -0.15) is 0 Å². The number of hydrogen-bond donors (Lipinski definition) is 1. The predicted molar refractivity (Wildman–Crippen MR) is 108 cm³/mol. The van der Waals surface area contributed by atoms with Crippen LogP contribution in [0.25, 0.3) is 0 Å². The van der Waals surface area contributed by atoms with Gasteiger partial charge in [0.05, 0.1) is 17.0 Å². The number of hydrogen-bond acceptors (Lipinski definition) is 4. The van der Waals surface area contributed by atoms with Gasteiger partial charge in [0, 0.05) is 12.7 Å². The Bertz CT molecular complexity index is 1190. The van der Waals surface area contributed by atoms with Crippen molar-refractivity contribution < 1.29 is 22.3 Å². The quantitative estimate of drug-likeness (QED) is 0.699. The van der Waals surface area contributed by atoms with Crippen molar-refractivity contribution >= 4 is 27.3 Å². The molecule has 4 rings (SSSR count). The third-order valence-electron chi connectivity index (χ3n) is 4.50. The number of sulfonamides is 1. The number of nitrogens with one attached hydrogen (secondary N) is 1. The monoisotopic (exact) mass is 412 g/mol. The molecule has 0 bridgehead atoms. The second kappa shape index (κ2) is 7.21. The average Bonchev–Trinajstić information content (AvgIpc) is 2.79. The Labute approximate surface area is 167 Å². The van der Waals surface area contributed by atoms with E-state index in [-0.39, 0.29) is 22.9 Å². The Morgan fingerprint density at radius 3 is 2.48 bits per heavy atom. The van der Waals surface area contributed by atoms with Crippen LogP contribution in [0.2, 0.25) is 0 Å². The summed E-state index contributed by atoms with van der Waals surface area (Å²) in [7, 11) is -2.13. The number of amides is 1. The zero-order chi connectivity index (χ0) is 20.6. The number of nitrogens with zero attached hydrogens (tertiary/aromatic N) is 1. The lowest BCUT2D eigenvalue weighted by atomic mass is 10.1. The first-order valence-corrected chi connectivity index (χ1v) is 10.4. The van der Waals surface area contributed by atoms with Gasteiger partial charge >= 0.3 is 0 Å². The van der Waals surface area contributed by atoms with Crippen molar-refractivity contribution in [1.29, 1.82) is 0 Å². The summed E-state index contributed by atoms with van der Waals surface area (Å²) in [6, 6.07) is 16.9. The second-order valence-corrected chi connectivity index (χ2v) is 8.35. The number of halogens is 1. The van der Waals surface area contributed by atoms with Gasteiger partial charge in [0.25, 0.3) is 5.91 Å². The Morgan fingerprint density at radius 1 is 1.00 bits per heavy atom. The van der Waals surface area contributed by atoms with Crippen molar-refractivity contribution in [2.24, 2.45) is 0 Å². The molecule has 0 saturated carbocycles. The van der Waals surface area contributed by atoms with Crippen LogP contribution < -0.4 is 14.4 Å². The van der Waals surface area contributed by atoms with E-state index in [1.807, 2.05) is 0 Å². The maximum absolute atomic E-state index is 13.0. The van der Waals surface area contributed by atoms with Crippen LogP contribution in [0.4, 0.5) is 15.8 Å². The van der Waals surface area contributed by atoms with Crippen molar-refractivity contribution in [3.8, 4) is 11.5 Å². The van der Waals surface area contributed by atoms with Gasteiger partial charge in [-0.1, -0.05) is 24.3 Å². The summed E-state index contributed by atoms with van der Waals surface area (Å²) in [5, 5.41) is 0. The van der Waals surface area contributed by atoms with Crippen LogP contribution >= 0.6 is 0 Å². The summed E-state index contributed by atoms with van der Waals surface area (Å²) in [6.45, 7) is 0. The Balaban J connectivity index is 1.61. The van der Waals surface area contributed by atoms with Crippen LogP contribution in [0.5, 0.6) is 11.5 Å². The van der Waals surface area contributed by atoms with E-state index in [1.54, 1.807) is 37.4 Å². The van der Waals surface area contributed by atoms with Gasteiger partial charge in [-0.05, 0) is 48.0 Å². The fourth-order valence-electron chi connectivity index (χ4n) is 3.09. The van der Waals surface area contributed by atoms with Crippen LogP contribution in [-0.2, 0) is 15.8 Å². The maximum Gasteiger partial charge on any atom is 0.261 e. The van der Waals surface area contributed by atoms with E-state index in [0.717, 1.165) is 0 Å². The molecular weight excluding hydrogens is 395 g/mol. The largest absolute Gasteiger partial charge is 0.454 e. The van der Waals surface area contributed by atoms with Crippen LogP contribution in [0.15, 0.2) is 66.7 Å². The van der Waals surface area contributed by atoms with E-state index >= 15 is 0 Å². The minimum absolute atomic E-state index is 0.238. The van der Waals surface area contributed by atoms with E-state index in [2.05, 4.69) is 4.72 Å². The summed E-state index contributed by atoms with van der Waals surface area (Å²) < 4.78 is 46.3. The summed E-state index contributed by atoms with van der Waals surface area (Å²) in [5.41, 5.74) is 1.54. The van der Waals surface area contributed by atoms with Gasteiger partial charge in [-0.15, -0.1) is 0 Å². The maximum atomic E-state index is 13.0. The summed E-state index contributed by atoms with van der Waals surface area (Å²) in [4.78, 5) is 14.3. The number of rotatable bonds is 4. The van der Waals surface area contributed by atoms with Gasteiger partial charge in [0.15, 0.2) is 5.75 Å². The molecule has 8 heteroatoms. The van der Waals surface area contributed by atoms with Crippen molar-refractivity contribution in [2.45, 2.75) is 5.75 Å². The van der Waals surface area contributed by atoms with E-state index in [4.69, 9.17) is 4.74 Å². The number of fused-ring (bicyclic) bond motifs is 2. The van der Waals surface area contributed by atoms with E-state index in [1.165, 1.54) is 41.3 Å². The molecule has 0 unspecified atom stereocenters. The number of carbonyl (C=O) groups is 1. The summed E-state index contributed by atoms with van der Waals surface area (Å²) in [6.07, 6.45) is 0. The molecule has 0 fully saturated rings. The minimum atomic E-state index is -3.76. The van der Waals surface area contributed by atoms with Crippen molar-refractivity contribution in [3.63, 3.8) is 0 Å². The van der Waals surface area contributed by atoms with Crippen LogP contribution in [-0.4, -0.2) is 21.4 Å². The molecule has 0 aromatic heterocycles. The molecule has 148 valence electrons. The summed E-state index contributed by atoms with van der Waals surface area (Å²) >= 11 is 0. The van der Waals surface area contributed by atoms with Gasteiger partial charge in [0.1, 0.15) is 11.6 Å². The zero-order valence-electron chi connectivity index (χ0n) is 15.4. The first-order valence-electron chi connectivity index (χ1n) is 8.76. The van der Waals surface area contributed by atoms with Gasteiger partial charge in [-0.3, -0.25) is 9.52 Å². The van der Waals surface area contributed by atoms with Gasteiger partial charge in [0.2, 0.25) is 10.0 Å². The van der Waals surface area contributed by atoms with Crippen molar-refractivity contribution in [3.05, 3.63) is 83.7 Å². The normalized spacial score (nSPS) is 13.2. The third kappa shape index (κ3) is 3.93. The van der Waals surface area contributed by atoms with Crippen LogP contribution in [0, 0.1) is 5.82 Å². The lowest BCUT2D eigenvalue weighted by molar-refractivity contribution is 0.0993. The molecule has 0 radical (unpaired) electrons. The SMILES string of the molecule is CN1C(=O)c2cc(NS(=O)(=O)Cc3ccc(F)cc3)ccc2Oc2ccccc21. The average molecular weight is 412 g/mol. The number of benzene rings is 3. The van der Waals surface area contributed by atoms with Crippen LogP contribution in [0.3, 0.4) is 0 Å². The molecular formula is C21H17FN2O4S. The molecule has 1 aliphatic rings. The molecule has 1 amide bonds. The minimum Gasteiger partial charge on any atom is -0.454 e. The van der Waals surface area contributed by atoms with Gasteiger partial charge < -0.3 is 9.64 Å². The number of para-hydroxylation sites is 2. The zero-order valence-corrected chi connectivity index (χ0v) is 16.2. The van der Waals surface area contributed by atoms with E-state index in [0.29, 0.717) is 22.7 Å². The second-order valence-electron chi connectivity index (χ2n) is 6.63. The fourth-order valence-corrected chi connectivity index (χ4v) is 4.28. The van der Waals surface area contributed by atoms with Crippen LogP contribution in [0.1, 0.15) is 15.9 Å². The lowest BCUT2D eigenvalue weighted by Crippen LogP contribution is -2.25. The first-order chi connectivity index (χ1) is 13.8. The molecule has 3 aromatic rings. The number of carbonyl (C=O) groups excluding carboxylic acids is 1. The highest BCUT2D eigenvalue weighted by atomic mass is 32.2. The molecule has 0 spiro atoms. The molecule has 3 aromatic carbocycles. The van der Waals surface area contributed by atoms with Gasteiger partial charge in [-0.25, -0.2) is 12.8 Å². The molecule has 1 heterocycles. The highest BCUT2D eigenvalue weighted by Crippen LogP contribution is 2.38. The standard InChI is InChI=1S/C21H17FN2O4S/c1-24-18-4-2-3-5-20(18)28-19-11-10-16(12-17(19)21(24)25)23-29(26,27)13-14-6-8-15(22)9-7-14/h2-12,23H,13H2,1H3. The molecule has 1 aliphatic heterocycles. The molecule has 0 saturated heterocycles. The van der Waals surface area contributed by atoms with E-state index < -0.39 is 15.8 Å². The third-order valence-corrected chi connectivity index (χ3v) is 5.76.